The number of nitrogens with zero attached hydrogens (tertiary/aromatic N) is 3. The lowest BCUT2D eigenvalue weighted by Crippen LogP contribution is -2.36. The zero-order valence-corrected chi connectivity index (χ0v) is 14.1. The third-order valence-corrected chi connectivity index (χ3v) is 4.55. The maximum absolute atomic E-state index is 5.48. The zero-order chi connectivity index (χ0) is 16.2. The van der Waals surface area contributed by atoms with Crippen LogP contribution < -0.4 is 0 Å². The van der Waals surface area contributed by atoms with E-state index in [-0.39, 0.29) is 0 Å². The smallest absolute Gasteiger partial charge is 0.167 e. The molecule has 1 aromatic carbocycles. The van der Waals surface area contributed by atoms with Crippen molar-refractivity contribution in [3.63, 3.8) is 0 Å². The molecule has 0 aliphatic carbocycles. The van der Waals surface area contributed by atoms with Crippen LogP contribution in [0.1, 0.15) is 12.1 Å². The number of likely N-dealkylation sites (tertiary alicyclic amines) is 1. The van der Waals surface area contributed by atoms with Crippen molar-refractivity contribution in [2.45, 2.75) is 25.1 Å². The summed E-state index contributed by atoms with van der Waals surface area (Å²) < 4.78 is 10.9. The molecular weight excluding hydrogens is 290 g/mol. The molecule has 124 valence electrons. The van der Waals surface area contributed by atoms with Crippen LogP contribution in [0.3, 0.4) is 0 Å². The monoisotopic (exact) mass is 315 g/mol. The Labute approximate surface area is 137 Å². The molecule has 1 aliphatic heterocycles. The van der Waals surface area contributed by atoms with Gasteiger partial charge in [0.1, 0.15) is 0 Å². The fourth-order valence-electron chi connectivity index (χ4n) is 3.24. The zero-order valence-electron chi connectivity index (χ0n) is 14.1. The van der Waals surface area contributed by atoms with Crippen LogP contribution in [0.25, 0.3) is 11.3 Å². The highest BCUT2D eigenvalue weighted by Crippen LogP contribution is 2.22. The summed E-state index contributed by atoms with van der Waals surface area (Å²) in [5.74, 6) is 0.825. The highest BCUT2D eigenvalue weighted by atomic mass is 16.5. The van der Waals surface area contributed by atoms with E-state index >= 15 is 0 Å². The molecule has 0 amide bonds. The molecule has 23 heavy (non-hydrogen) atoms. The van der Waals surface area contributed by atoms with Crippen LogP contribution in [0.2, 0.25) is 0 Å². The SMILES string of the molecule is CO[C@H]1C[C@@H](CN(C)Cc2cc(-c3ccccc3)on2)N(C)C1. The second-order valence-corrected chi connectivity index (χ2v) is 6.43. The molecule has 0 spiro atoms. The Morgan fingerprint density at radius 3 is 2.83 bits per heavy atom. The van der Waals surface area contributed by atoms with Gasteiger partial charge >= 0.3 is 0 Å². The first kappa shape index (κ1) is 16.2. The molecule has 1 saturated heterocycles. The van der Waals surface area contributed by atoms with Crippen molar-refractivity contribution in [1.29, 1.82) is 0 Å². The molecule has 0 saturated carbocycles. The van der Waals surface area contributed by atoms with Gasteiger partial charge in [-0.1, -0.05) is 35.5 Å². The molecule has 1 aliphatic rings. The first-order valence-corrected chi connectivity index (χ1v) is 8.08. The molecule has 1 aromatic heterocycles. The van der Waals surface area contributed by atoms with E-state index in [4.69, 9.17) is 9.26 Å². The van der Waals surface area contributed by atoms with Crippen LogP contribution in [0.4, 0.5) is 0 Å². The molecule has 2 heterocycles. The maximum atomic E-state index is 5.48. The lowest BCUT2D eigenvalue weighted by molar-refractivity contribution is 0.111. The van der Waals surface area contributed by atoms with Crippen LogP contribution in [0.5, 0.6) is 0 Å². The summed E-state index contributed by atoms with van der Waals surface area (Å²) in [5, 5.41) is 4.20. The third-order valence-electron chi connectivity index (χ3n) is 4.55. The van der Waals surface area contributed by atoms with Crippen LogP contribution in [0, 0.1) is 0 Å². The Bertz CT molecular complexity index is 614. The molecule has 2 aromatic rings. The highest BCUT2D eigenvalue weighted by Gasteiger charge is 2.30. The number of methoxy groups -OCH3 is 1. The standard InChI is InChI=1S/C18H25N3O2/c1-20(12-16-10-17(22-3)13-21(16)2)11-15-9-18(23-19-15)14-7-5-4-6-8-14/h4-9,16-17H,10-13H2,1-3H3/t16-,17-/m0/s1. The Hall–Kier alpha value is -1.69. The third kappa shape index (κ3) is 3.99. The van der Waals surface area contributed by atoms with Crippen molar-refractivity contribution >= 4 is 0 Å². The van der Waals surface area contributed by atoms with Gasteiger partial charge in [-0.15, -0.1) is 0 Å². The number of likely N-dealkylation sites (N-methyl/N-ethyl adjacent to an activating group) is 2. The summed E-state index contributed by atoms with van der Waals surface area (Å²) in [6.07, 6.45) is 1.45. The highest BCUT2D eigenvalue weighted by molar-refractivity contribution is 5.56. The van der Waals surface area contributed by atoms with Gasteiger partial charge in [-0.05, 0) is 20.5 Å². The Kier molecular flexibility index (Phi) is 5.10. The quantitative estimate of drug-likeness (QED) is 0.819. The fraction of sp³-hybridized carbons (Fsp3) is 0.500. The summed E-state index contributed by atoms with van der Waals surface area (Å²) in [5.41, 5.74) is 2.03. The van der Waals surface area contributed by atoms with E-state index in [1.54, 1.807) is 7.11 Å². The Morgan fingerprint density at radius 1 is 1.35 bits per heavy atom. The van der Waals surface area contributed by atoms with Gasteiger partial charge in [0, 0.05) is 44.4 Å². The molecule has 1 fully saturated rings. The average molecular weight is 315 g/mol. The summed E-state index contributed by atoms with van der Waals surface area (Å²) in [7, 11) is 6.09. The number of ether oxygens (including phenoxy) is 1. The van der Waals surface area contributed by atoms with E-state index in [1.165, 1.54) is 0 Å². The molecule has 2 atom stereocenters. The van der Waals surface area contributed by atoms with Crippen molar-refractivity contribution in [2.24, 2.45) is 0 Å². The fourth-order valence-corrected chi connectivity index (χ4v) is 3.24. The predicted octanol–water partition coefficient (Wildman–Crippen LogP) is 2.49. The van der Waals surface area contributed by atoms with E-state index in [9.17, 15) is 0 Å². The minimum atomic E-state index is 0.357. The summed E-state index contributed by atoms with van der Waals surface area (Å²) in [6.45, 7) is 2.80. The average Bonchev–Trinajstić information content (AvgIpc) is 3.15. The number of aromatic nitrogens is 1. The van der Waals surface area contributed by atoms with Crippen LogP contribution in [-0.2, 0) is 11.3 Å². The van der Waals surface area contributed by atoms with Gasteiger partial charge in [0.05, 0.1) is 11.8 Å². The molecule has 0 N–H and O–H groups in total. The Morgan fingerprint density at radius 2 is 2.13 bits per heavy atom. The van der Waals surface area contributed by atoms with Crippen molar-refractivity contribution < 1.29 is 9.26 Å². The van der Waals surface area contributed by atoms with Gasteiger partial charge in [-0.25, -0.2) is 0 Å². The number of hydrogen-bond donors (Lipinski definition) is 0. The van der Waals surface area contributed by atoms with Crippen molar-refractivity contribution in [3.8, 4) is 11.3 Å². The van der Waals surface area contributed by atoms with E-state index < -0.39 is 0 Å². The minimum absolute atomic E-state index is 0.357. The van der Waals surface area contributed by atoms with Gasteiger partial charge < -0.3 is 9.26 Å². The van der Waals surface area contributed by atoms with Crippen LogP contribution >= 0.6 is 0 Å². The van der Waals surface area contributed by atoms with Crippen LogP contribution in [-0.4, -0.2) is 61.4 Å². The van der Waals surface area contributed by atoms with E-state index in [0.717, 1.165) is 43.1 Å². The lowest BCUT2D eigenvalue weighted by atomic mass is 10.1. The Balaban J connectivity index is 1.56. The number of benzene rings is 1. The predicted molar refractivity (Wildman–Crippen MR) is 90.1 cm³/mol. The van der Waals surface area contributed by atoms with Crippen molar-refractivity contribution in [2.75, 3.05) is 34.3 Å². The molecular formula is C18H25N3O2. The number of rotatable bonds is 6. The number of hydrogen-bond acceptors (Lipinski definition) is 5. The summed E-state index contributed by atoms with van der Waals surface area (Å²) in [4.78, 5) is 4.68. The topological polar surface area (TPSA) is 41.7 Å². The normalized spacial score (nSPS) is 22.1. The lowest BCUT2D eigenvalue weighted by Gasteiger charge is -2.24. The van der Waals surface area contributed by atoms with Gasteiger partial charge in [-0.2, -0.15) is 0 Å². The van der Waals surface area contributed by atoms with Gasteiger partial charge in [0.2, 0.25) is 0 Å². The first-order valence-electron chi connectivity index (χ1n) is 8.08. The minimum Gasteiger partial charge on any atom is -0.380 e. The second kappa shape index (κ2) is 7.25. The van der Waals surface area contributed by atoms with Gasteiger partial charge in [0.25, 0.3) is 0 Å². The van der Waals surface area contributed by atoms with Crippen molar-refractivity contribution in [1.82, 2.24) is 15.0 Å². The second-order valence-electron chi connectivity index (χ2n) is 6.43. The molecule has 0 bridgehead atoms. The maximum Gasteiger partial charge on any atom is 0.167 e. The molecule has 5 heteroatoms. The van der Waals surface area contributed by atoms with E-state index in [2.05, 4.69) is 29.1 Å². The van der Waals surface area contributed by atoms with E-state index in [1.807, 2.05) is 36.4 Å². The largest absolute Gasteiger partial charge is 0.380 e. The summed E-state index contributed by atoms with van der Waals surface area (Å²) >= 11 is 0. The first-order chi connectivity index (χ1) is 11.2. The van der Waals surface area contributed by atoms with Gasteiger partial charge in [-0.3, -0.25) is 9.80 Å². The molecule has 0 radical (unpaired) electrons. The van der Waals surface area contributed by atoms with Crippen molar-refractivity contribution in [3.05, 3.63) is 42.1 Å². The van der Waals surface area contributed by atoms with Crippen LogP contribution in [0.15, 0.2) is 40.9 Å². The molecule has 5 nitrogen and oxygen atoms in total. The molecule has 3 rings (SSSR count). The molecule has 0 unspecified atom stereocenters. The van der Waals surface area contributed by atoms with E-state index in [0.29, 0.717) is 12.1 Å². The van der Waals surface area contributed by atoms with Gasteiger partial charge in [0.15, 0.2) is 5.76 Å². The summed E-state index contributed by atoms with van der Waals surface area (Å²) in [6, 6.07) is 12.6.